The molecule has 3 N–H and O–H groups in total. The second kappa shape index (κ2) is 9.04. The fourth-order valence-corrected chi connectivity index (χ4v) is 5.49. The van der Waals surface area contributed by atoms with Crippen LogP contribution in [0.4, 0.5) is 11.4 Å². The number of aliphatic imine (C=N–C) groups is 1. The lowest BCUT2D eigenvalue weighted by Gasteiger charge is -2.09. The van der Waals surface area contributed by atoms with Gasteiger partial charge in [0, 0.05) is 23.4 Å². The van der Waals surface area contributed by atoms with Gasteiger partial charge < -0.3 is 5.32 Å². The molecule has 11 heteroatoms. The highest BCUT2D eigenvalue weighted by molar-refractivity contribution is 7.92. The summed E-state index contributed by atoms with van der Waals surface area (Å²) in [5.41, 5.74) is 1.35. The molecule has 1 heterocycles. The van der Waals surface area contributed by atoms with E-state index in [-0.39, 0.29) is 34.5 Å². The van der Waals surface area contributed by atoms with Gasteiger partial charge in [0.25, 0.3) is 20.0 Å². The first-order valence-electron chi connectivity index (χ1n) is 9.89. The third-order valence-corrected chi connectivity index (χ3v) is 7.54. The molecule has 4 rings (SSSR count). The number of anilines is 2. The van der Waals surface area contributed by atoms with E-state index in [1.165, 1.54) is 30.3 Å². The van der Waals surface area contributed by atoms with E-state index in [1.54, 1.807) is 48.5 Å². The average Bonchev–Trinajstić information content (AvgIpc) is 3.05. The Morgan fingerprint density at radius 2 is 1.55 bits per heavy atom. The SMILES string of the molecule is O=C(CCN=C1NS(=O)(=O)c2ccccc21)Nc1ccc(S(=O)(=O)Nc2ccccc2)cc1. The normalized spacial score (nSPS) is 15.5. The molecule has 0 spiro atoms. The standard InChI is InChI=1S/C22H20N4O5S2/c27-21(14-15-23-22-19-8-4-5-9-20(19)33(30,31)26-22)24-16-10-12-18(13-11-16)32(28,29)25-17-6-2-1-3-7-17/h1-13,25H,14-15H2,(H,23,26)(H,24,27). The first-order chi connectivity index (χ1) is 15.7. The van der Waals surface area contributed by atoms with E-state index in [0.717, 1.165) is 0 Å². The molecule has 3 aromatic carbocycles. The van der Waals surface area contributed by atoms with Gasteiger partial charge in [-0.25, -0.2) is 16.8 Å². The third-order valence-electron chi connectivity index (χ3n) is 4.75. The fourth-order valence-electron chi connectivity index (χ4n) is 3.18. The molecule has 0 atom stereocenters. The number of nitrogens with zero attached hydrogens (tertiary/aromatic N) is 1. The van der Waals surface area contributed by atoms with Crippen molar-refractivity contribution in [3.8, 4) is 0 Å². The number of nitrogens with one attached hydrogen (secondary N) is 3. The second-order valence-corrected chi connectivity index (χ2v) is 10.5. The van der Waals surface area contributed by atoms with Crippen molar-refractivity contribution in [2.75, 3.05) is 16.6 Å². The monoisotopic (exact) mass is 484 g/mol. The number of fused-ring (bicyclic) bond motifs is 1. The minimum absolute atomic E-state index is 0.0169. The molecule has 0 fully saturated rings. The molecular weight excluding hydrogens is 464 g/mol. The third kappa shape index (κ3) is 5.21. The summed E-state index contributed by atoms with van der Waals surface area (Å²) in [6, 6.07) is 20.8. The lowest BCUT2D eigenvalue weighted by atomic mass is 10.2. The number of carbonyl (C=O) groups is 1. The van der Waals surface area contributed by atoms with Crippen LogP contribution in [0.5, 0.6) is 0 Å². The smallest absolute Gasteiger partial charge is 0.263 e. The number of hydrogen-bond donors (Lipinski definition) is 3. The van der Waals surface area contributed by atoms with Gasteiger partial charge in [0.2, 0.25) is 5.91 Å². The Morgan fingerprint density at radius 1 is 0.879 bits per heavy atom. The molecule has 9 nitrogen and oxygen atoms in total. The predicted molar refractivity (Wildman–Crippen MR) is 125 cm³/mol. The van der Waals surface area contributed by atoms with Crippen LogP contribution < -0.4 is 14.8 Å². The number of sulfonamides is 2. The number of rotatable bonds is 7. The molecule has 0 saturated heterocycles. The molecule has 1 aliphatic rings. The van der Waals surface area contributed by atoms with Crippen molar-refractivity contribution < 1.29 is 21.6 Å². The van der Waals surface area contributed by atoms with E-state index >= 15 is 0 Å². The van der Waals surface area contributed by atoms with Gasteiger partial charge in [-0.15, -0.1) is 0 Å². The summed E-state index contributed by atoms with van der Waals surface area (Å²) in [6.07, 6.45) is 0.0169. The van der Waals surface area contributed by atoms with Crippen LogP contribution in [0.2, 0.25) is 0 Å². The second-order valence-electron chi connectivity index (χ2n) is 7.13. The molecule has 0 unspecified atom stereocenters. The van der Waals surface area contributed by atoms with E-state index in [2.05, 4.69) is 19.8 Å². The quantitative estimate of drug-likeness (QED) is 0.474. The largest absolute Gasteiger partial charge is 0.326 e. The lowest BCUT2D eigenvalue weighted by Crippen LogP contribution is -2.23. The van der Waals surface area contributed by atoms with Crippen LogP contribution in [0, 0.1) is 0 Å². The molecule has 0 bridgehead atoms. The van der Waals surface area contributed by atoms with Crippen molar-refractivity contribution >= 4 is 43.2 Å². The Balaban J connectivity index is 1.35. The van der Waals surface area contributed by atoms with Gasteiger partial charge in [-0.05, 0) is 48.5 Å². The number of hydrogen-bond acceptors (Lipinski definition) is 6. The molecule has 0 radical (unpaired) electrons. The zero-order valence-electron chi connectivity index (χ0n) is 17.2. The van der Waals surface area contributed by atoms with Crippen LogP contribution in [0.15, 0.2) is 93.6 Å². The van der Waals surface area contributed by atoms with Crippen molar-refractivity contribution in [3.05, 3.63) is 84.4 Å². The van der Waals surface area contributed by atoms with Crippen molar-refractivity contribution in [2.24, 2.45) is 4.99 Å². The van der Waals surface area contributed by atoms with E-state index in [9.17, 15) is 21.6 Å². The van der Waals surface area contributed by atoms with Gasteiger partial charge in [0.1, 0.15) is 5.84 Å². The Labute approximate surface area is 191 Å². The number of amides is 1. The molecular formula is C22H20N4O5S2. The molecule has 1 aliphatic heterocycles. The number of benzene rings is 3. The predicted octanol–water partition coefficient (Wildman–Crippen LogP) is 2.55. The number of para-hydroxylation sites is 1. The van der Waals surface area contributed by atoms with E-state index < -0.39 is 20.0 Å². The Kier molecular flexibility index (Phi) is 6.16. The van der Waals surface area contributed by atoms with Gasteiger partial charge in [-0.1, -0.05) is 30.3 Å². The summed E-state index contributed by atoms with van der Waals surface area (Å²) in [4.78, 5) is 16.7. The fraction of sp³-hybridized carbons (Fsp3) is 0.0909. The summed E-state index contributed by atoms with van der Waals surface area (Å²) < 4.78 is 54.0. The summed E-state index contributed by atoms with van der Waals surface area (Å²) in [6.45, 7) is 0.0749. The minimum Gasteiger partial charge on any atom is -0.326 e. The van der Waals surface area contributed by atoms with Gasteiger partial charge in [-0.2, -0.15) is 0 Å². The average molecular weight is 485 g/mol. The van der Waals surface area contributed by atoms with Crippen molar-refractivity contribution in [2.45, 2.75) is 16.2 Å². The molecule has 3 aromatic rings. The summed E-state index contributed by atoms with van der Waals surface area (Å²) in [5, 5.41) is 2.67. The minimum atomic E-state index is -3.75. The van der Waals surface area contributed by atoms with Crippen LogP contribution in [0.25, 0.3) is 0 Å². The van der Waals surface area contributed by atoms with Crippen LogP contribution in [-0.2, 0) is 24.8 Å². The summed E-state index contributed by atoms with van der Waals surface area (Å²) in [5.74, 6) is -0.134. The lowest BCUT2D eigenvalue weighted by molar-refractivity contribution is -0.116. The molecule has 1 amide bonds. The van der Waals surface area contributed by atoms with Crippen molar-refractivity contribution in [1.29, 1.82) is 0 Å². The van der Waals surface area contributed by atoms with Gasteiger partial charge in [0.15, 0.2) is 0 Å². The van der Waals surface area contributed by atoms with E-state index in [1.807, 2.05) is 0 Å². The van der Waals surface area contributed by atoms with Crippen molar-refractivity contribution in [3.63, 3.8) is 0 Å². The molecule has 0 aromatic heterocycles. The molecule has 0 aliphatic carbocycles. The molecule has 170 valence electrons. The van der Waals surface area contributed by atoms with Crippen LogP contribution in [0.1, 0.15) is 12.0 Å². The van der Waals surface area contributed by atoms with Crippen LogP contribution >= 0.6 is 0 Å². The van der Waals surface area contributed by atoms with Gasteiger partial charge >= 0.3 is 0 Å². The summed E-state index contributed by atoms with van der Waals surface area (Å²) in [7, 11) is -7.38. The molecule has 0 saturated carbocycles. The zero-order valence-corrected chi connectivity index (χ0v) is 18.9. The van der Waals surface area contributed by atoms with Crippen LogP contribution in [-0.4, -0.2) is 35.1 Å². The first kappa shape index (κ1) is 22.5. The van der Waals surface area contributed by atoms with Crippen LogP contribution in [0.3, 0.4) is 0 Å². The molecule has 33 heavy (non-hydrogen) atoms. The maximum absolute atomic E-state index is 12.5. The Morgan fingerprint density at radius 3 is 2.27 bits per heavy atom. The highest BCUT2D eigenvalue weighted by Crippen LogP contribution is 2.22. The Bertz CT molecular complexity index is 1420. The van der Waals surface area contributed by atoms with Gasteiger partial charge in [-0.3, -0.25) is 19.2 Å². The highest BCUT2D eigenvalue weighted by Gasteiger charge is 2.29. The Hall–Kier alpha value is -3.70. The zero-order chi connectivity index (χ0) is 23.5. The number of amidine groups is 1. The van der Waals surface area contributed by atoms with E-state index in [4.69, 9.17) is 0 Å². The summed E-state index contributed by atoms with van der Waals surface area (Å²) >= 11 is 0. The number of carbonyl (C=O) groups excluding carboxylic acids is 1. The highest BCUT2D eigenvalue weighted by atomic mass is 32.2. The van der Waals surface area contributed by atoms with E-state index in [0.29, 0.717) is 16.9 Å². The first-order valence-corrected chi connectivity index (χ1v) is 12.9. The topological polar surface area (TPSA) is 134 Å². The van der Waals surface area contributed by atoms with Crippen molar-refractivity contribution in [1.82, 2.24) is 4.72 Å². The maximum Gasteiger partial charge on any atom is 0.263 e. The van der Waals surface area contributed by atoms with Gasteiger partial charge in [0.05, 0.1) is 16.3 Å². The maximum atomic E-state index is 12.5.